The zero-order valence-electron chi connectivity index (χ0n) is 86.7. The third-order valence-corrected chi connectivity index (χ3v) is 17.0. The van der Waals surface area contributed by atoms with Gasteiger partial charge >= 0.3 is 0 Å². The van der Waals surface area contributed by atoms with Crippen molar-refractivity contribution in [3.63, 3.8) is 0 Å². The minimum absolute atomic E-state index is 0.0195. The van der Waals surface area contributed by atoms with Gasteiger partial charge < -0.3 is 37.9 Å². The monoisotopic (exact) mass is 1280 g/mol. The first-order valence-electron chi connectivity index (χ1n) is 48.3. The van der Waals surface area contributed by atoms with Crippen LogP contribution in [0.3, 0.4) is 0 Å². The van der Waals surface area contributed by atoms with Crippen LogP contribution in [0.15, 0.2) is 308 Å². The minimum atomic E-state index is -1.22. The van der Waals surface area contributed by atoms with Crippen molar-refractivity contribution in [2.45, 2.75) is 6.92 Å². The molecule has 97 heavy (non-hydrogen) atoms. The predicted octanol–water partition coefficient (Wildman–Crippen LogP) is 13.3. The van der Waals surface area contributed by atoms with E-state index in [1.54, 1.807) is 66.7 Å². The van der Waals surface area contributed by atoms with E-state index in [4.69, 9.17) is 88.6 Å². The van der Waals surface area contributed by atoms with Gasteiger partial charge in [-0.3, -0.25) is 0 Å². The summed E-state index contributed by atoms with van der Waals surface area (Å²) in [5, 5.41) is 0. The van der Waals surface area contributed by atoms with Crippen LogP contribution < -0.4 is 103 Å². The van der Waals surface area contributed by atoms with Crippen LogP contribution in [0, 0.1) is 6.92 Å². The van der Waals surface area contributed by atoms with Crippen LogP contribution in [0.5, 0.6) is 92.0 Å². The lowest BCUT2D eigenvalue weighted by Crippen LogP contribution is -2.57. The maximum atomic E-state index is 8.50. The lowest BCUT2D eigenvalue weighted by atomic mass is 9.34. The number of para-hydroxylation sites is 6. The fourth-order valence-electron chi connectivity index (χ4n) is 13.0. The van der Waals surface area contributed by atoms with Gasteiger partial charge in [0.15, 0.2) is 0 Å². The maximum absolute atomic E-state index is 8.50. The Bertz CT molecular complexity index is 7290. The number of hydrogen-bond acceptors (Lipinski definition) is 8. The number of ether oxygens (including phenoxy) is 8. The molecule has 0 amide bonds. The fraction of sp³-hybridized carbons (Fsp3) is 0.0118. The van der Waals surface area contributed by atoms with E-state index in [1.807, 2.05) is 25.1 Å². The van der Waals surface area contributed by atoms with Gasteiger partial charge in [0.2, 0.25) is 0 Å². The summed E-state index contributed by atoms with van der Waals surface area (Å²) >= 11 is 0. The van der Waals surface area contributed by atoms with Gasteiger partial charge in [-0.25, -0.2) is 0 Å². The molecule has 22 rings (SSSR count). The summed E-state index contributed by atoms with van der Waals surface area (Å²) in [6.07, 6.45) is 0. The normalized spacial score (nSPS) is 18.5. The number of benzene rings is 14. The third-order valence-electron chi connectivity index (χ3n) is 17.0. The Hall–Kier alpha value is -12.3. The Morgan fingerprint density at radius 3 is 0.814 bits per heavy atom. The van der Waals surface area contributed by atoms with E-state index in [2.05, 4.69) is 0 Å². The van der Waals surface area contributed by atoms with Gasteiger partial charge in [0.1, 0.15) is 92.0 Å². The van der Waals surface area contributed by atoms with Crippen molar-refractivity contribution in [3.8, 4) is 114 Å². The lowest BCUT2D eigenvalue weighted by Gasteiger charge is -2.33. The van der Waals surface area contributed by atoms with Crippen molar-refractivity contribution in [2.24, 2.45) is 0 Å². The molecule has 0 spiro atoms. The van der Waals surface area contributed by atoms with E-state index in [1.165, 1.54) is 0 Å². The average molecular weight is 1280 g/mol. The van der Waals surface area contributed by atoms with Crippen LogP contribution in [-0.2, 0) is 0 Å². The molecule has 0 atom stereocenters. The van der Waals surface area contributed by atoms with Gasteiger partial charge in [-0.1, -0.05) is 212 Å². The van der Waals surface area contributed by atoms with E-state index in [0.717, 1.165) is 11.0 Å². The maximum Gasteiger partial charge on any atom is 0.260 e. The number of rotatable bonds is 2. The van der Waals surface area contributed by atoms with Crippen LogP contribution in [0.1, 0.15) is 56.3 Å². The first kappa shape index (κ1) is 30.4. The smallest absolute Gasteiger partial charge is 0.260 e. The number of fused-ring (bicyclic) bond motifs is 16. The molecule has 0 aliphatic carbocycles. The van der Waals surface area contributed by atoms with Crippen molar-refractivity contribution in [1.29, 1.82) is 0 Å². The highest BCUT2D eigenvalue weighted by molar-refractivity contribution is 7.00. The Labute approximate surface area is 615 Å². The van der Waals surface area contributed by atoms with Crippen molar-refractivity contribution < 1.29 is 88.6 Å². The molecule has 0 N–H and O–H groups in total. The first-order valence-corrected chi connectivity index (χ1v) is 29.8. The van der Waals surface area contributed by atoms with E-state index >= 15 is 0 Å². The minimum Gasteiger partial charge on any atom is -0.458 e. The molecule has 8 heterocycles. The summed E-state index contributed by atoms with van der Waals surface area (Å²) in [6.45, 7) is -1.66. The molecule has 8 aliphatic rings. The van der Waals surface area contributed by atoms with E-state index in [9.17, 15) is 0 Å². The zero-order valence-corrected chi connectivity index (χ0v) is 49.7. The molecule has 14 aromatic rings. The van der Waals surface area contributed by atoms with E-state index in [0.29, 0.717) is 79.0 Å². The highest BCUT2D eigenvalue weighted by Crippen LogP contribution is 2.40. The number of hydrogen-bond donors (Lipinski definition) is 0. The zero-order chi connectivity index (χ0) is 96.3. The van der Waals surface area contributed by atoms with Gasteiger partial charge in [0.05, 0.1) is 50.7 Å². The molecule has 0 bridgehead atoms. The van der Waals surface area contributed by atoms with Crippen LogP contribution in [0.2, 0.25) is 0 Å². The molecule has 454 valence electrons. The molecule has 14 aromatic carbocycles. The number of aryl methyl sites for hydroxylation is 1. The van der Waals surface area contributed by atoms with Crippen LogP contribution >= 0.6 is 0 Å². The highest BCUT2D eigenvalue weighted by atomic mass is 16.5. The standard InChI is InChI=1S/C30H19BO2.C19H13BO2.2C18H11BO2/c1-3-8-20(9-4-1)22-14-16-26-24(18-22)31-25-19-23(21-10-5-2-6-11-21)15-17-27(25)33-29-13-7-12-28(32-26)30(29)31;1-12-10-17-19-18(11-12)22-16-9-5-3-7-14(16)20(19)13-6-2-4-8-15(13)21-17;2*1-3-8-14-12(6-1)19-13-7-2-4-9-15(13)21-17-11-5-10-16(20-14)18(17)19/h1-19H;2-11H,1H3;2*1-11H/i1D,2D,3D,4D,5D,6D,8D,9D,10D,11D;2D,3D,4D,5D,6D,7D,8D,9D;1D,2D,3D,4D,5D,6D,7D,8D,9D,10D,11D;1D,2D,3D,4D,6D,7D,8D,9D. The van der Waals surface area contributed by atoms with Gasteiger partial charge in [0.25, 0.3) is 26.9 Å². The molecule has 0 saturated heterocycles. The molecule has 0 fully saturated rings. The molecular weight excluding hydrogens is 1190 g/mol. The van der Waals surface area contributed by atoms with Gasteiger partial charge in [0, 0.05) is 21.9 Å². The summed E-state index contributed by atoms with van der Waals surface area (Å²) in [7, 11) is 0. The molecule has 0 radical (unpaired) electrons. The van der Waals surface area contributed by atoms with Crippen molar-refractivity contribution in [1.82, 2.24) is 0 Å². The van der Waals surface area contributed by atoms with Gasteiger partial charge in [-0.05, 0) is 175 Å². The average Bonchev–Trinajstić information content (AvgIpc) is 0.693. The molecule has 8 nitrogen and oxygen atoms in total. The van der Waals surface area contributed by atoms with E-state index < -0.39 is 178 Å². The Kier molecular flexibility index (Phi) is 7.23. The van der Waals surface area contributed by atoms with Crippen LogP contribution in [-0.4, -0.2) is 26.9 Å². The summed E-state index contributed by atoms with van der Waals surface area (Å²) in [5.41, 5.74) is 5.09. The van der Waals surface area contributed by atoms with Crippen molar-refractivity contribution in [2.75, 3.05) is 0 Å². The molecule has 0 unspecified atom stereocenters. The molecule has 8 aliphatic heterocycles. The van der Waals surface area contributed by atoms with E-state index in [-0.39, 0.29) is 168 Å². The largest absolute Gasteiger partial charge is 0.458 e. The van der Waals surface area contributed by atoms with Crippen molar-refractivity contribution in [3.05, 3.63) is 314 Å². The Balaban J connectivity index is 0.000000116. The SMILES string of the molecule is [2H]c1c([2H])c([2H])c(-c2ccc3c(c2)B2c4cc(-c5c([2H])c([2H])c([2H])c([2H])c5[2H])ccc4Oc4cccc(c42)O3)c([2H])c1[2H].[2H]c1c([2H])c([2H])c2c(c1[2H])Oc1c([2H])c([2H])c([2H])c3c1B2c1c([2H])c([2H])c([2H])c([2H])c1O3.[2H]c1c([2H])c([2H])c2c(c1[2H])Oc1cc(C)cc3c1B2c1c([2H])c([2H])c([2H])c([2H])c1O3.[2H]c1c([2H])c([2H])c2c(c1[2H])Oc1cccc3c1B2c1c([2H])c([2H])c([2H])c([2H])c1O3. The van der Waals surface area contributed by atoms with Gasteiger partial charge in [-0.15, -0.1) is 0 Å². The summed E-state index contributed by atoms with van der Waals surface area (Å²) in [5.74, 6) is 2.16. The fourth-order valence-corrected chi connectivity index (χ4v) is 13.0. The van der Waals surface area contributed by atoms with Crippen molar-refractivity contribution >= 4 is 92.4 Å². The summed E-state index contributed by atoms with van der Waals surface area (Å²) in [6, 6.07) is 8.13. The predicted molar refractivity (Wildman–Crippen MR) is 392 cm³/mol. The quantitative estimate of drug-likeness (QED) is 0.159. The second kappa shape index (κ2) is 23.0. The second-order valence-corrected chi connectivity index (χ2v) is 22.5. The Morgan fingerprint density at radius 2 is 0.464 bits per heavy atom. The van der Waals surface area contributed by atoms with Crippen LogP contribution in [0.4, 0.5) is 0 Å². The Morgan fingerprint density at radius 1 is 0.206 bits per heavy atom. The first-order chi connectivity index (χ1) is 63.3. The van der Waals surface area contributed by atoms with Crippen LogP contribution in [0.25, 0.3) is 22.3 Å². The summed E-state index contributed by atoms with van der Waals surface area (Å²) in [4.78, 5) is 0. The molecular formula is C85H54B4O8. The lowest BCUT2D eigenvalue weighted by molar-refractivity contribution is 0.463. The molecule has 0 aromatic heterocycles. The molecule has 0 saturated carbocycles. The van der Waals surface area contributed by atoms with Gasteiger partial charge in [-0.2, -0.15) is 0 Å². The topological polar surface area (TPSA) is 73.8 Å². The second-order valence-electron chi connectivity index (χ2n) is 22.5. The molecule has 12 heteroatoms. The third kappa shape index (κ3) is 9.57. The summed E-state index contributed by atoms with van der Waals surface area (Å²) < 4.78 is 351. The highest BCUT2D eigenvalue weighted by Gasteiger charge is 2.44.